The van der Waals surface area contributed by atoms with Gasteiger partial charge in [0.25, 0.3) is 0 Å². The first-order chi connectivity index (χ1) is 10.4. The molecule has 0 aromatic carbocycles. The van der Waals surface area contributed by atoms with Gasteiger partial charge in [0, 0.05) is 37.1 Å². The molecule has 106 valence electrons. The van der Waals surface area contributed by atoms with Crippen LogP contribution in [0.15, 0.2) is 36.8 Å². The van der Waals surface area contributed by atoms with E-state index in [4.69, 9.17) is 0 Å². The number of hydrogen-bond acceptors (Lipinski definition) is 4. The van der Waals surface area contributed by atoms with E-state index in [2.05, 4.69) is 24.8 Å². The number of nitrogens with zero attached hydrogens (tertiary/aromatic N) is 6. The molecule has 0 N–H and O–H groups in total. The Morgan fingerprint density at radius 3 is 3.00 bits per heavy atom. The second kappa shape index (κ2) is 5.12. The average Bonchev–Trinajstić information content (AvgIpc) is 3.16. The lowest BCUT2D eigenvalue weighted by atomic mass is 10.1. The Morgan fingerprint density at radius 2 is 2.10 bits per heavy atom. The third kappa shape index (κ3) is 2.22. The topological polar surface area (TPSA) is 61.4 Å². The van der Waals surface area contributed by atoms with Crippen LogP contribution in [0, 0.1) is 0 Å². The molecule has 0 spiro atoms. The van der Waals surface area contributed by atoms with Crippen molar-refractivity contribution in [2.45, 2.75) is 32.4 Å². The zero-order chi connectivity index (χ0) is 14.1. The van der Waals surface area contributed by atoms with E-state index in [0.717, 1.165) is 35.9 Å². The maximum atomic E-state index is 4.42. The molecule has 0 saturated heterocycles. The largest absolute Gasteiger partial charge is 0.313 e. The fraction of sp³-hybridized carbons (Fsp3) is 0.333. The van der Waals surface area contributed by atoms with Crippen molar-refractivity contribution < 1.29 is 0 Å². The van der Waals surface area contributed by atoms with Gasteiger partial charge in [0.2, 0.25) is 0 Å². The van der Waals surface area contributed by atoms with Crippen LogP contribution in [0.25, 0.3) is 11.3 Å². The molecule has 0 atom stereocenters. The third-order valence-electron chi connectivity index (χ3n) is 3.90. The van der Waals surface area contributed by atoms with Crippen LogP contribution < -0.4 is 0 Å². The molecule has 0 fully saturated rings. The summed E-state index contributed by atoms with van der Waals surface area (Å²) >= 11 is 0. The molecule has 6 nitrogen and oxygen atoms in total. The summed E-state index contributed by atoms with van der Waals surface area (Å²) in [6.07, 6.45) is 8.89. The molecule has 0 saturated carbocycles. The van der Waals surface area contributed by atoms with Gasteiger partial charge in [-0.15, -0.1) is 10.2 Å². The highest BCUT2D eigenvalue weighted by molar-refractivity contribution is 5.57. The molecule has 0 unspecified atom stereocenters. The Labute approximate surface area is 122 Å². The minimum absolute atomic E-state index is 0.643. The summed E-state index contributed by atoms with van der Waals surface area (Å²) in [6, 6.07) is 5.98. The van der Waals surface area contributed by atoms with Crippen molar-refractivity contribution in [2.24, 2.45) is 0 Å². The Bertz CT molecular complexity index is 743. The Hall–Kier alpha value is -2.50. The number of aryl methyl sites for hydroxylation is 1. The summed E-state index contributed by atoms with van der Waals surface area (Å²) in [7, 11) is 0. The van der Waals surface area contributed by atoms with Gasteiger partial charge in [-0.3, -0.25) is 9.67 Å². The molecular weight excluding hydrogens is 264 g/mol. The minimum atomic E-state index is 0.643. The van der Waals surface area contributed by atoms with Crippen molar-refractivity contribution in [3.63, 3.8) is 0 Å². The van der Waals surface area contributed by atoms with Crippen molar-refractivity contribution in [2.75, 3.05) is 0 Å². The lowest BCUT2D eigenvalue weighted by Crippen LogP contribution is -2.16. The first-order valence-corrected chi connectivity index (χ1v) is 7.25. The van der Waals surface area contributed by atoms with E-state index in [0.29, 0.717) is 6.54 Å². The van der Waals surface area contributed by atoms with Gasteiger partial charge in [0.1, 0.15) is 12.4 Å². The van der Waals surface area contributed by atoms with Gasteiger partial charge < -0.3 is 4.57 Å². The minimum Gasteiger partial charge on any atom is -0.313 e. The van der Waals surface area contributed by atoms with Crippen molar-refractivity contribution in [3.05, 3.63) is 48.4 Å². The molecule has 0 aliphatic carbocycles. The summed E-state index contributed by atoms with van der Waals surface area (Å²) in [5.41, 5.74) is 2.12. The maximum absolute atomic E-state index is 4.42. The van der Waals surface area contributed by atoms with E-state index < -0.39 is 0 Å². The zero-order valence-corrected chi connectivity index (χ0v) is 11.7. The molecular formula is C15H16N6. The van der Waals surface area contributed by atoms with Gasteiger partial charge in [0.05, 0.1) is 5.69 Å². The lowest BCUT2D eigenvalue weighted by Gasteiger charge is -2.15. The molecule has 4 heterocycles. The van der Waals surface area contributed by atoms with E-state index in [1.54, 1.807) is 6.20 Å². The fourth-order valence-electron chi connectivity index (χ4n) is 2.84. The van der Waals surface area contributed by atoms with Gasteiger partial charge in [-0.05, 0) is 31.0 Å². The molecule has 1 aliphatic heterocycles. The van der Waals surface area contributed by atoms with Crippen molar-refractivity contribution >= 4 is 0 Å². The fourth-order valence-corrected chi connectivity index (χ4v) is 2.84. The van der Waals surface area contributed by atoms with Crippen molar-refractivity contribution in [3.8, 4) is 11.3 Å². The van der Waals surface area contributed by atoms with Crippen molar-refractivity contribution in [1.29, 1.82) is 0 Å². The second-order valence-electron chi connectivity index (χ2n) is 5.26. The van der Waals surface area contributed by atoms with E-state index in [1.165, 1.54) is 12.8 Å². The Morgan fingerprint density at radius 1 is 1.10 bits per heavy atom. The number of aromatic nitrogens is 6. The van der Waals surface area contributed by atoms with Crippen LogP contribution in [0.4, 0.5) is 0 Å². The highest BCUT2D eigenvalue weighted by atomic mass is 15.3. The average molecular weight is 280 g/mol. The third-order valence-corrected chi connectivity index (χ3v) is 3.90. The number of hydrogen-bond donors (Lipinski definition) is 0. The SMILES string of the molecule is c1cncc(-c2ccnn2Cc2nnc3n2CCCC3)c1. The number of pyridine rings is 1. The summed E-state index contributed by atoms with van der Waals surface area (Å²) < 4.78 is 4.20. The van der Waals surface area contributed by atoms with Crippen molar-refractivity contribution in [1.82, 2.24) is 29.5 Å². The number of fused-ring (bicyclic) bond motifs is 1. The van der Waals surface area contributed by atoms with Crippen LogP contribution in [0.1, 0.15) is 24.5 Å². The summed E-state index contributed by atoms with van der Waals surface area (Å²) in [5.74, 6) is 2.09. The Kier molecular flexibility index (Phi) is 2.99. The summed E-state index contributed by atoms with van der Waals surface area (Å²) in [6.45, 7) is 1.66. The lowest BCUT2D eigenvalue weighted by molar-refractivity contribution is 0.496. The van der Waals surface area contributed by atoms with Gasteiger partial charge in [0.15, 0.2) is 5.82 Å². The Balaban J connectivity index is 1.67. The van der Waals surface area contributed by atoms with E-state index in [1.807, 2.05) is 35.3 Å². The smallest absolute Gasteiger partial charge is 0.154 e. The van der Waals surface area contributed by atoms with Crippen LogP contribution >= 0.6 is 0 Å². The highest BCUT2D eigenvalue weighted by Crippen LogP contribution is 2.20. The molecule has 1 aliphatic rings. The molecule has 4 rings (SSSR count). The van der Waals surface area contributed by atoms with Gasteiger partial charge in [-0.1, -0.05) is 0 Å². The normalized spacial score (nSPS) is 14.1. The van der Waals surface area contributed by atoms with Gasteiger partial charge in [-0.25, -0.2) is 0 Å². The predicted octanol–water partition coefficient (Wildman–Crippen LogP) is 1.92. The zero-order valence-electron chi connectivity index (χ0n) is 11.7. The van der Waals surface area contributed by atoms with Crippen LogP contribution in [-0.2, 0) is 19.5 Å². The molecule has 3 aromatic heterocycles. The first kappa shape index (κ1) is 12.3. The maximum Gasteiger partial charge on any atom is 0.154 e. The van der Waals surface area contributed by atoms with Gasteiger partial charge in [-0.2, -0.15) is 5.10 Å². The summed E-state index contributed by atoms with van der Waals surface area (Å²) in [5, 5.41) is 13.1. The monoisotopic (exact) mass is 280 g/mol. The van der Waals surface area contributed by atoms with Crippen LogP contribution in [0.5, 0.6) is 0 Å². The molecule has 0 amide bonds. The van der Waals surface area contributed by atoms with E-state index in [9.17, 15) is 0 Å². The van der Waals surface area contributed by atoms with Crippen LogP contribution in [-0.4, -0.2) is 29.5 Å². The quantitative estimate of drug-likeness (QED) is 0.735. The van der Waals surface area contributed by atoms with E-state index in [-0.39, 0.29) is 0 Å². The van der Waals surface area contributed by atoms with Crippen LogP contribution in [0.3, 0.4) is 0 Å². The second-order valence-corrected chi connectivity index (χ2v) is 5.26. The molecule has 6 heteroatoms. The highest BCUT2D eigenvalue weighted by Gasteiger charge is 2.17. The predicted molar refractivity (Wildman–Crippen MR) is 77.5 cm³/mol. The first-order valence-electron chi connectivity index (χ1n) is 7.25. The standard InChI is InChI=1S/C15H16N6/c1-2-9-20-14(5-1)18-19-15(20)11-21-13(6-8-17-21)12-4-3-7-16-10-12/h3-4,6-8,10H,1-2,5,9,11H2. The molecule has 0 bridgehead atoms. The van der Waals surface area contributed by atoms with Gasteiger partial charge >= 0.3 is 0 Å². The summed E-state index contributed by atoms with van der Waals surface area (Å²) in [4.78, 5) is 4.17. The molecule has 0 radical (unpaired) electrons. The van der Waals surface area contributed by atoms with Crippen LogP contribution in [0.2, 0.25) is 0 Å². The molecule has 21 heavy (non-hydrogen) atoms. The van der Waals surface area contributed by atoms with E-state index >= 15 is 0 Å². The molecule has 3 aromatic rings. The number of rotatable bonds is 3.